The molecular weight excluding hydrogens is 216 g/mol. The number of hydrogen-bond acceptors (Lipinski definition) is 4. The summed E-state index contributed by atoms with van der Waals surface area (Å²) in [5.41, 5.74) is 5.16. The molecule has 17 heavy (non-hydrogen) atoms. The first kappa shape index (κ1) is 14.5. The van der Waals surface area contributed by atoms with Crippen LogP contribution in [-0.4, -0.2) is 42.6 Å². The van der Waals surface area contributed by atoms with Gasteiger partial charge in [-0.15, -0.1) is 0 Å². The van der Waals surface area contributed by atoms with E-state index in [0.717, 1.165) is 13.1 Å². The average molecular weight is 242 g/mol. The minimum absolute atomic E-state index is 0.300. The summed E-state index contributed by atoms with van der Waals surface area (Å²) < 4.78 is 5.01. The maximum Gasteiger partial charge on any atom is 0.327 e. The summed E-state index contributed by atoms with van der Waals surface area (Å²) in [5.74, 6) is 1.05. The normalized spacial score (nSPS) is 29.7. The number of carbonyl (C=O) groups excluding carboxylic acids is 1. The van der Waals surface area contributed by atoms with Gasteiger partial charge in [0.15, 0.2) is 0 Å². The van der Waals surface area contributed by atoms with E-state index < -0.39 is 5.54 Å². The average Bonchev–Trinajstić information content (AvgIpc) is 2.15. The molecule has 4 heteroatoms. The highest BCUT2D eigenvalue weighted by molar-refractivity contribution is 5.80. The van der Waals surface area contributed by atoms with Gasteiger partial charge in [0.2, 0.25) is 0 Å². The Hall–Kier alpha value is -0.610. The summed E-state index contributed by atoms with van der Waals surface area (Å²) in [7, 11) is 0. The second-order valence-corrected chi connectivity index (χ2v) is 5.78. The second-order valence-electron chi connectivity index (χ2n) is 5.78. The third-order valence-electron chi connectivity index (χ3n) is 3.24. The molecule has 1 rings (SSSR count). The Morgan fingerprint density at radius 2 is 1.94 bits per heavy atom. The molecule has 0 spiro atoms. The van der Waals surface area contributed by atoms with Crippen molar-refractivity contribution in [3.63, 3.8) is 0 Å². The fraction of sp³-hybridized carbons (Fsp3) is 0.923. The number of nitrogens with zero attached hydrogens (tertiary/aromatic N) is 1. The fourth-order valence-corrected chi connectivity index (χ4v) is 2.75. The second kappa shape index (κ2) is 5.83. The van der Waals surface area contributed by atoms with E-state index in [1.54, 1.807) is 13.8 Å². The topological polar surface area (TPSA) is 55.6 Å². The molecule has 0 amide bonds. The first-order valence-corrected chi connectivity index (χ1v) is 6.53. The zero-order valence-corrected chi connectivity index (χ0v) is 11.5. The highest BCUT2D eigenvalue weighted by Gasteiger charge is 2.34. The molecule has 0 radical (unpaired) electrons. The predicted molar refractivity (Wildman–Crippen MR) is 68.6 cm³/mol. The summed E-state index contributed by atoms with van der Waals surface area (Å²) in [6.07, 6.45) is 1.26. The summed E-state index contributed by atoms with van der Waals surface area (Å²) in [4.78, 5) is 14.0. The van der Waals surface area contributed by atoms with Gasteiger partial charge in [-0.3, -0.25) is 4.79 Å². The monoisotopic (exact) mass is 242 g/mol. The largest absolute Gasteiger partial charge is 0.465 e. The minimum Gasteiger partial charge on any atom is -0.465 e. The van der Waals surface area contributed by atoms with Crippen LogP contribution in [-0.2, 0) is 9.53 Å². The summed E-state index contributed by atoms with van der Waals surface area (Å²) in [5, 5.41) is 0. The Morgan fingerprint density at radius 3 is 2.41 bits per heavy atom. The zero-order chi connectivity index (χ0) is 13.1. The fourth-order valence-electron chi connectivity index (χ4n) is 2.75. The SMILES string of the molecule is CCOC(=O)C(C)(N)CN1CC(C)CC(C)C1. The van der Waals surface area contributed by atoms with Crippen molar-refractivity contribution in [2.45, 2.75) is 39.7 Å². The number of hydrogen-bond donors (Lipinski definition) is 1. The van der Waals surface area contributed by atoms with Gasteiger partial charge in [-0.2, -0.15) is 0 Å². The predicted octanol–water partition coefficient (Wildman–Crippen LogP) is 1.24. The van der Waals surface area contributed by atoms with Crippen LogP contribution in [0.1, 0.15) is 34.1 Å². The van der Waals surface area contributed by atoms with Crippen molar-refractivity contribution in [1.82, 2.24) is 4.90 Å². The van der Waals surface area contributed by atoms with Crippen molar-refractivity contribution in [1.29, 1.82) is 0 Å². The van der Waals surface area contributed by atoms with Crippen LogP contribution in [0.2, 0.25) is 0 Å². The van der Waals surface area contributed by atoms with E-state index in [4.69, 9.17) is 10.5 Å². The molecule has 0 aromatic heterocycles. The van der Waals surface area contributed by atoms with Crippen molar-refractivity contribution in [2.24, 2.45) is 17.6 Å². The van der Waals surface area contributed by atoms with Crippen molar-refractivity contribution in [2.75, 3.05) is 26.2 Å². The van der Waals surface area contributed by atoms with Gasteiger partial charge >= 0.3 is 5.97 Å². The number of rotatable bonds is 4. The van der Waals surface area contributed by atoms with Crippen LogP contribution in [0.4, 0.5) is 0 Å². The summed E-state index contributed by atoms with van der Waals surface area (Å²) >= 11 is 0. The molecule has 100 valence electrons. The summed E-state index contributed by atoms with van der Waals surface area (Å²) in [6, 6.07) is 0. The Labute approximate surface area is 104 Å². The molecule has 0 aliphatic carbocycles. The molecule has 1 saturated heterocycles. The molecule has 0 saturated carbocycles. The van der Waals surface area contributed by atoms with E-state index in [9.17, 15) is 4.79 Å². The van der Waals surface area contributed by atoms with Gasteiger partial charge in [-0.1, -0.05) is 13.8 Å². The standard InChI is InChI=1S/C13H26N2O2/c1-5-17-12(16)13(4,14)9-15-7-10(2)6-11(3)8-15/h10-11H,5-9,14H2,1-4H3. The van der Waals surface area contributed by atoms with Gasteiger partial charge in [0.1, 0.15) is 5.54 Å². The lowest BCUT2D eigenvalue weighted by atomic mass is 9.90. The minimum atomic E-state index is -0.896. The van der Waals surface area contributed by atoms with Crippen LogP contribution in [0.25, 0.3) is 0 Å². The van der Waals surface area contributed by atoms with Crippen LogP contribution in [0.5, 0.6) is 0 Å². The van der Waals surface area contributed by atoms with Crippen LogP contribution in [0.3, 0.4) is 0 Å². The lowest BCUT2D eigenvalue weighted by Crippen LogP contribution is -2.56. The number of ether oxygens (including phenoxy) is 1. The van der Waals surface area contributed by atoms with Crippen LogP contribution >= 0.6 is 0 Å². The van der Waals surface area contributed by atoms with Gasteiger partial charge in [-0.05, 0) is 32.1 Å². The van der Waals surface area contributed by atoms with E-state index in [0.29, 0.717) is 25.0 Å². The van der Waals surface area contributed by atoms with E-state index in [1.165, 1.54) is 6.42 Å². The molecule has 1 aliphatic heterocycles. The number of likely N-dealkylation sites (tertiary alicyclic amines) is 1. The van der Waals surface area contributed by atoms with Gasteiger partial charge < -0.3 is 15.4 Å². The van der Waals surface area contributed by atoms with Gasteiger partial charge in [0.05, 0.1) is 6.61 Å². The van der Waals surface area contributed by atoms with Crippen LogP contribution in [0, 0.1) is 11.8 Å². The summed E-state index contributed by atoms with van der Waals surface area (Å²) in [6.45, 7) is 11.1. The molecule has 0 aromatic carbocycles. The van der Waals surface area contributed by atoms with Crippen molar-refractivity contribution < 1.29 is 9.53 Å². The highest BCUT2D eigenvalue weighted by Crippen LogP contribution is 2.22. The first-order chi connectivity index (χ1) is 7.85. The van der Waals surface area contributed by atoms with E-state index in [-0.39, 0.29) is 5.97 Å². The molecule has 4 nitrogen and oxygen atoms in total. The molecule has 1 aliphatic rings. The maximum atomic E-state index is 11.7. The quantitative estimate of drug-likeness (QED) is 0.754. The lowest BCUT2D eigenvalue weighted by Gasteiger charge is -2.38. The Kier molecular flexibility index (Phi) is 4.95. The molecule has 3 unspecified atom stereocenters. The molecule has 1 heterocycles. The third-order valence-corrected chi connectivity index (χ3v) is 3.24. The van der Waals surface area contributed by atoms with Crippen molar-refractivity contribution in [3.05, 3.63) is 0 Å². The van der Waals surface area contributed by atoms with Gasteiger partial charge in [0, 0.05) is 19.6 Å². The third kappa shape index (κ3) is 4.28. The van der Waals surface area contributed by atoms with Crippen LogP contribution in [0.15, 0.2) is 0 Å². The molecule has 0 bridgehead atoms. The van der Waals surface area contributed by atoms with Crippen molar-refractivity contribution >= 4 is 5.97 Å². The smallest absolute Gasteiger partial charge is 0.327 e. The van der Waals surface area contributed by atoms with Crippen molar-refractivity contribution in [3.8, 4) is 0 Å². The highest BCUT2D eigenvalue weighted by atomic mass is 16.5. The number of nitrogens with two attached hydrogens (primary N) is 1. The Morgan fingerprint density at radius 1 is 1.41 bits per heavy atom. The molecule has 2 N–H and O–H groups in total. The molecular formula is C13H26N2O2. The number of esters is 1. The number of piperidine rings is 1. The van der Waals surface area contributed by atoms with Gasteiger partial charge in [-0.25, -0.2) is 0 Å². The molecule has 0 aromatic rings. The number of carbonyl (C=O) groups is 1. The molecule has 1 fully saturated rings. The van der Waals surface area contributed by atoms with E-state index >= 15 is 0 Å². The lowest BCUT2D eigenvalue weighted by molar-refractivity contribution is -0.150. The molecule has 3 atom stereocenters. The van der Waals surface area contributed by atoms with E-state index in [2.05, 4.69) is 18.7 Å². The Bertz CT molecular complexity index is 256. The Balaban J connectivity index is 2.54. The van der Waals surface area contributed by atoms with Gasteiger partial charge in [0.25, 0.3) is 0 Å². The maximum absolute atomic E-state index is 11.7. The van der Waals surface area contributed by atoms with E-state index in [1.807, 2.05) is 0 Å². The zero-order valence-electron chi connectivity index (χ0n) is 11.5. The van der Waals surface area contributed by atoms with Crippen LogP contribution < -0.4 is 5.73 Å². The first-order valence-electron chi connectivity index (χ1n) is 6.53.